The second-order valence-electron chi connectivity index (χ2n) is 5.30. The minimum atomic E-state index is -1.12. The summed E-state index contributed by atoms with van der Waals surface area (Å²) in [6.45, 7) is 1.30. The van der Waals surface area contributed by atoms with E-state index >= 15 is 0 Å². The summed E-state index contributed by atoms with van der Waals surface area (Å²) in [4.78, 5) is 46.0. The van der Waals surface area contributed by atoms with Crippen molar-refractivity contribution in [2.24, 2.45) is 0 Å². The smallest absolute Gasteiger partial charge is 0.341 e. The fourth-order valence-electron chi connectivity index (χ4n) is 2.49. The molecule has 1 aromatic rings. The van der Waals surface area contributed by atoms with Gasteiger partial charge < -0.3 is 15.2 Å². The Morgan fingerprint density at radius 3 is 2.75 bits per heavy atom. The Hall–Kier alpha value is -2.90. The molecular weight excluding hydrogens is 316 g/mol. The highest BCUT2D eigenvalue weighted by Gasteiger charge is 2.28. The van der Waals surface area contributed by atoms with E-state index in [4.69, 9.17) is 9.84 Å². The standard InChI is InChI=1S/C16H18N2O6/c1-2-9-10(4-3-5-12(9)24-8-14(20)21)15(22)17-11-6-7-13(19)18-16(11)23/h3-5,11H,2,6-8H2,1H3,(H,17,22)(H,20,21)(H,18,19,23). The van der Waals surface area contributed by atoms with Gasteiger partial charge in [-0.05, 0) is 25.0 Å². The van der Waals surface area contributed by atoms with E-state index in [0.717, 1.165) is 0 Å². The minimum absolute atomic E-state index is 0.166. The molecule has 0 aromatic heterocycles. The van der Waals surface area contributed by atoms with Gasteiger partial charge in [-0.2, -0.15) is 0 Å². The van der Waals surface area contributed by atoms with Crippen molar-refractivity contribution < 1.29 is 29.0 Å². The number of carboxylic acid groups (broad SMARTS) is 1. The van der Waals surface area contributed by atoms with Crippen LogP contribution in [0.15, 0.2) is 18.2 Å². The molecular formula is C16H18N2O6. The molecule has 1 aliphatic rings. The van der Waals surface area contributed by atoms with Crippen LogP contribution in [-0.4, -0.2) is 41.4 Å². The van der Waals surface area contributed by atoms with E-state index in [-0.39, 0.29) is 18.7 Å². The lowest BCUT2D eigenvalue weighted by Gasteiger charge is -2.22. The Kier molecular flexibility index (Phi) is 5.51. The summed E-state index contributed by atoms with van der Waals surface area (Å²) in [6.07, 6.45) is 0.861. The number of rotatable bonds is 6. The van der Waals surface area contributed by atoms with Crippen LogP contribution in [0.5, 0.6) is 5.75 Å². The summed E-state index contributed by atoms with van der Waals surface area (Å²) in [5.41, 5.74) is 0.869. The summed E-state index contributed by atoms with van der Waals surface area (Å²) >= 11 is 0. The molecule has 3 N–H and O–H groups in total. The highest BCUT2D eigenvalue weighted by molar-refractivity contribution is 6.04. The number of ether oxygens (including phenoxy) is 1. The second kappa shape index (κ2) is 7.58. The first-order valence-electron chi connectivity index (χ1n) is 7.53. The average molecular weight is 334 g/mol. The summed E-state index contributed by atoms with van der Waals surface area (Å²) in [5, 5.41) is 13.5. The molecule has 1 aromatic carbocycles. The van der Waals surface area contributed by atoms with Gasteiger partial charge in [0.2, 0.25) is 11.8 Å². The molecule has 1 heterocycles. The fourth-order valence-corrected chi connectivity index (χ4v) is 2.49. The highest BCUT2D eigenvalue weighted by atomic mass is 16.5. The van der Waals surface area contributed by atoms with Crippen molar-refractivity contribution in [2.45, 2.75) is 32.2 Å². The van der Waals surface area contributed by atoms with E-state index in [1.165, 1.54) is 0 Å². The molecule has 0 bridgehead atoms. The number of benzene rings is 1. The van der Waals surface area contributed by atoms with Crippen molar-refractivity contribution in [1.29, 1.82) is 0 Å². The van der Waals surface area contributed by atoms with Gasteiger partial charge in [-0.3, -0.25) is 19.7 Å². The van der Waals surface area contributed by atoms with Crippen LogP contribution in [0.4, 0.5) is 0 Å². The zero-order chi connectivity index (χ0) is 17.7. The van der Waals surface area contributed by atoms with Gasteiger partial charge in [-0.25, -0.2) is 4.79 Å². The van der Waals surface area contributed by atoms with Crippen molar-refractivity contribution in [2.75, 3.05) is 6.61 Å². The number of hydrogen-bond donors (Lipinski definition) is 3. The quantitative estimate of drug-likeness (QED) is 0.641. The number of amides is 3. The normalized spacial score (nSPS) is 17.1. The van der Waals surface area contributed by atoms with E-state index in [2.05, 4.69) is 10.6 Å². The lowest BCUT2D eigenvalue weighted by Crippen LogP contribution is -2.52. The van der Waals surface area contributed by atoms with Crippen LogP contribution in [-0.2, 0) is 20.8 Å². The van der Waals surface area contributed by atoms with Crippen LogP contribution in [0.25, 0.3) is 0 Å². The summed E-state index contributed by atoms with van der Waals surface area (Å²) in [6, 6.07) is 3.97. The van der Waals surface area contributed by atoms with Gasteiger partial charge in [0.15, 0.2) is 6.61 Å². The first kappa shape index (κ1) is 17.5. The van der Waals surface area contributed by atoms with E-state index in [9.17, 15) is 19.2 Å². The van der Waals surface area contributed by atoms with E-state index in [1.807, 2.05) is 6.92 Å². The van der Waals surface area contributed by atoms with Crippen molar-refractivity contribution >= 4 is 23.7 Å². The maximum absolute atomic E-state index is 12.5. The average Bonchev–Trinajstić information content (AvgIpc) is 2.54. The first-order chi connectivity index (χ1) is 11.4. The van der Waals surface area contributed by atoms with Crippen LogP contribution in [0.1, 0.15) is 35.7 Å². The largest absolute Gasteiger partial charge is 0.482 e. The third-order valence-electron chi connectivity index (χ3n) is 3.63. The molecule has 2 rings (SSSR count). The van der Waals surface area contributed by atoms with Crippen LogP contribution >= 0.6 is 0 Å². The maximum atomic E-state index is 12.5. The Bertz CT molecular complexity index is 685. The van der Waals surface area contributed by atoms with Gasteiger partial charge in [0, 0.05) is 17.5 Å². The zero-order valence-corrected chi connectivity index (χ0v) is 13.1. The molecule has 3 amide bonds. The Labute approximate surface area is 138 Å². The van der Waals surface area contributed by atoms with Crippen molar-refractivity contribution in [3.05, 3.63) is 29.3 Å². The molecule has 8 nitrogen and oxygen atoms in total. The van der Waals surface area contributed by atoms with Gasteiger partial charge in [-0.1, -0.05) is 13.0 Å². The second-order valence-corrected chi connectivity index (χ2v) is 5.30. The third kappa shape index (κ3) is 4.09. The molecule has 128 valence electrons. The molecule has 0 saturated carbocycles. The predicted molar refractivity (Wildman–Crippen MR) is 82.6 cm³/mol. The number of imide groups is 1. The van der Waals surface area contributed by atoms with Crippen molar-refractivity contribution in [1.82, 2.24) is 10.6 Å². The SMILES string of the molecule is CCc1c(OCC(=O)O)cccc1C(=O)NC1CCC(=O)NC1=O. The number of nitrogens with one attached hydrogen (secondary N) is 2. The number of aliphatic carboxylic acids is 1. The van der Waals surface area contributed by atoms with Crippen LogP contribution in [0.3, 0.4) is 0 Å². The van der Waals surface area contributed by atoms with Gasteiger partial charge in [-0.15, -0.1) is 0 Å². The van der Waals surface area contributed by atoms with Crippen LogP contribution in [0, 0.1) is 0 Å². The number of hydrogen-bond acceptors (Lipinski definition) is 5. The first-order valence-corrected chi connectivity index (χ1v) is 7.53. The van der Waals surface area contributed by atoms with Crippen molar-refractivity contribution in [3.63, 3.8) is 0 Å². The molecule has 1 atom stereocenters. The number of carbonyl (C=O) groups is 4. The fraction of sp³-hybridized carbons (Fsp3) is 0.375. The third-order valence-corrected chi connectivity index (χ3v) is 3.63. The Morgan fingerprint density at radius 1 is 1.38 bits per heavy atom. The van der Waals surface area contributed by atoms with E-state index < -0.39 is 30.4 Å². The summed E-state index contributed by atoms with van der Waals surface area (Å²) in [5.74, 6) is -2.16. The topological polar surface area (TPSA) is 122 Å². The van der Waals surface area contributed by atoms with Gasteiger partial charge >= 0.3 is 5.97 Å². The number of carboxylic acids is 1. The lowest BCUT2D eigenvalue weighted by atomic mass is 10.0. The Balaban J connectivity index is 2.16. The molecule has 1 unspecified atom stereocenters. The van der Waals surface area contributed by atoms with Crippen LogP contribution < -0.4 is 15.4 Å². The predicted octanol–water partition coefficient (Wildman–Crippen LogP) is 0.247. The van der Waals surface area contributed by atoms with Crippen LogP contribution in [0.2, 0.25) is 0 Å². The molecule has 8 heteroatoms. The molecule has 0 radical (unpaired) electrons. The molecule has 1 aliphatic heterocycles. The molecule has 0 aliphatic carbocycles. The highest BCUT2D eigenvalue weighted by Crippen LogP contribution is 2.23. The van der Waals surface area contributed by atoms with Gasteiger partial charge in [0.1, 0.15) is 11.8 Å². The monoisotopic (exact) mass is 334 g/mol. The molecule has 1 saturated heterocycles. The Morgan fingerprint density at radius 2 is 2.12 bits per heavy atom. The molecule has 0 spiro atoms. The minimum Gasteiger partial charge on any atom is -0.482 e. The number of piperidine rings is 1. The van der Waals surface area contributed by atoms with Gasteiger partial charge in [0.05, 0.1) is 0 Å². The van der Waals surface area contributed by atoms with E-state index in [0.29, 0.717) is 23.3 Å². The summed E-state index contributed by atoms with van der Waals surface area (Å²) in [7, 11) is 0. The van der Waals surface area contributed by atoms with Crippen molar-refractivity contribution in [3.8, 4) is 5.75 Å². The summed E-state index contributed by atoms with van der Waals surface area (Å²) < 4.78 is 5.20. The molecule has 1 fully saturated rings. The van der Waals surface area contributed by atoms with Gasteiger partial charge in [0.25, 0.3) is 5.91 Å². The number of carbonyl (C=O) groups excluding carboxylic acids is 3. The van der Waals surface area contributed by atoms with E-state index in [1.54, 1.807) is 18.2 Å². The maximum Gasteiger partial charge on any atom is 0.341 e. The molecule has 24 heavy (non-hydrogen) atoms. The zero-order valence-electron chi connectivity index (χ0n) is 13.1. The lowest BCUT2D eigenvalue weighted by molar-refractivity contribution is -0.139.